The molecule has 3 rings (SSSR count). The maximum atomic E-state index is 12.2. The minimum Gasteiger partial charge on any atom is -0.381 e. The zero-order valence-electron chi connectivity index (χ0n) is 13.9. The molecule has 0 spiro atoms. The van der Waals surface area contributed by atoms with Crippen LogP contribution >= 0.6 is 0 Å². The summed E-state index contributed by atoms with van der Waals surface area (Å²) in [7, 11) is 0. The van der Waals surface area contributed by atoms with Crippen molar-refractivity contribution in [2.75, 3.05) is 32.8 Å². The Balaban J connectivity index is 1.43. The maximum Gasteiger partial charge on any atom is 0.317 e. The minimum absolute atomic E-state index is 0.0492. The van der Waals surface area contributed by atoms with Crippen LogP contribution in [0.15, 0.2) is 30.3 Å². The lowest BCUT2D eigenvalue weighted by Gasteiger charge is -2.48. The van der Waals surface area contributed by atoms with Gasteiger partial charge in [0.05, 0.1) is 0 Å². The first kappa shape index (κ1) is 16.3. The third-order valence-corrected chi connectivity index (χ3v) is 4.93. The second-order valence-corrected chi connectivity index (χ2v) is 6.38. The summed E-state index contributed by atoms with van der Waals surface area (Å²) in [6, 6.07) is 11.2. The van der Waals surface area contributed by atoms with Crippen LogP contribution in [0.4, 0.5) is 4.79 Å². The van der Waals surface area contributed by atoms with Crippen LogP contribution in [0.3, 0.4) is 0 Å². The number of hydrogen-bond acceptors (Lipinski definition) is 3. The van der Waals surface area contributed by atoms with Crippen molar-refractivity contribution in [2.24, 2.45) is 0 Å². The Kier molecular flexibility index (Phi) is 5.51. The van der Waals surface area contributed by atoms with Crippen molar-refractivity contribution in [3.05, 3.63) is 35.9 Å². The molecule has 1 aromatic carbocycles. The van der Waals surface area contributed by atoms with Gasteiger partial charge in [-0.25, -0.2) is 4.79 Å². The monoisotopic (exact) mass is 317 g/mol. The molecule has 2 heterocycles. The predicted molar refractivity (Wildman–Crippen MR) is 90.3 cm³/mol. The SMILES string of the molecule is CCN(C1CCOCC1)C1CN(C(=O)NCc2ccccc2)C1. The summed E-state index contributed by atoms with van der Waals surface area (Å²) in [5.74, 6) is 0. The van der Waals surface area contributed by atoms with Crippen LogP contribution in [0.1, 0.15) is 25.3 Å². The molecule has 0 saturated carbocycles. The standard InChI is InChI=1S/C18H27N3O2/c1-2-21(16-8-10-23-11-9-16)17-13-20(14-17)18(22)19-12-15-6-4-3-5-7-15/h3-7,16-17H,2,8-14H2,1H3,(H,19,22). The Morgan fingerprint density at radius 2 is 1.91 bits per heavy atom. The molecule has 2 aliphatic rings. The van der Waals surface area contributed by atoms with Gasteiger partial charge in [0.1, 0.15) is 0 Å². The first-order valence-electron chi connectivity index (χ1n) is 8.68. The maximum absolute atomic E-state index is 12.2. The summed E-state index contributed by atoms with van der Waals surface area (Å²) in [6.07, 6.45) is 2.23. The van der Waals surface area contributed by atoms with Gasteiger partial charge in [-0.3, -0.25) is 4.90 Å². The molecule has 2 saturated heterocycles. The molecule has 0 aromatic heterocycles. The topological polar surface area (TPSA) is 44.8 Å². The molecule has 126 valence electrons. The number of carbonyl (C=O) groups excluding carboxylic acids is 1. The average Bonchev–Trinajstić information content (AvgIpc) is 2.57. The highest BCUT2D eigenvalue weighted by molar-refractivity contribution is 5.75. The van der Waals surface area contributed by atoms with Gasteiger partial charge in [0, 0.05) is 44.9 Å². The third kappa shape index (κ3) is 4.03. The van der Waals surface area contributed by atoms with E-state index < -0.39 is 0 Å². The van der Waals surface area contributed by atoms with E-state index in [1.807, 2.05) is 35.2 Å². The first-order chi connectivity index (χ1) is 11.3. The lowest BCUT2D eigenvalue weighted by atomic mass is 10.0. The molecule has 1 N–H and O–H groups in total. The van der Waals surface area contributed by atoms with Gasteiger partial charge in [-0.15, -0.1) is 0 Å². The average molecular weight is 317 g/mol. The van der Waals surface area contributed by atoms with E-state index in [2.05, 4.69) is 17.1 Å². The van der Waals surface area contributed by atoms with Gasteiger partial charge >= 0.3 is 6.03 Å². The van der Waals surface area contributed by atoms with E-state index in [0.717, 1.165) is 51.3 Å². The lowest BCUT2D eigenvalue weighted by Crippen LogP contribution is -2.64. The van der Waals surface area contributed by atoms with Gasteiger partial charge in [0.15, 0.2) is 0 Å². The van der Waals surface area contributed by atoms with Gasteiger partial charge in [-0.1, -0.05) is 37.3 Å². The molecule has 0 bridgehead atoms. The largest absolute Gasteiger partial charge is 0.381 e. The second-order valence-electron chi connectivity index (χ2n) is 6.38. The molecule has 5 nitrogen and oxygen atoms in total. The fourth-order valence-corrected chi connectivity index (χ4v) is 3.55. The Labute approximate surface area is 138 Å². The van der Waals surface area contributed by atoms with Crippen molar-refractivity contribution in [2.45, 2.75) is 38.4 Å². The number of likely N-dealkylation sites (tertiary alicyclic amines) is 1. The second kappa shape index (κ2) is 7.79. The number of urea groups is 1. The number of amides is 2. The third-order valence-electron chi connectivity index (χ3n) is 4.93. The van der Waals surface area contributed by atoms with Crippen LogP contribution in [0.25, 0.3) is 0 Å². The van der Waals surface area contributed by atoms with E-state index >= 15 is 0 Å². The Bertz CT molecular complexity index is 496. The van der Waals surface area contributed by atoms with Gasteiger partial charge in [-0.05, 0) is 24.9 Å². The van der Waals surface area contributed by atoms with E-state index in [1.165, 1.54) is 0 Å². The van der Waals surface area contributed by atoms with E-state index in [1.54, 1.807) is 0 Å². The van der Waals surface area contributed by atoms with Crippen LogP contribution in [-0.4, -0.2) is 60.8 Å². The highest BCUT2D eigenvalue weighted by Gasteiger charge is 2.37. The molecule has 2 aliphatic heterocycles. The summed E-state index contributed by atoms with van der Waals surface area (Å²) in [5.41, 5.74) is 1.13. The van der Waals surface area contributed by atoms with Crippen LogP contribution < -0.4 is 5.32 Å². The van der Waals surface area contributed by atoms with Crippen molar-refractivity contribution in [1.82, 2.24) is 15.1 Å². The summed E-state index contributed by atoms with van der Waals surface area (Å²) in [6.45, 7) is 7.28. The zero-order chi connectivity index (χ0) is 16.1. The summed E-state index contributed by atoms with van der Waals surface area (Å²) >= 11 is 0. The number of carbonyl (C=O) groups is 1. The van der Waals surface area contributed by atoms with Crippen molar-refractivity contribution in [1.29, 1.82) is 0 Å². The molecule has 2 amide bonds. The van der Waals surface area contributed by atoms with E-state index in [-0.39, 0.29) is 6.03 Å². The van der Waals surface area contributed by atoms with Gasteiger partial charge in [0.25, 0.3) is 0 Å². The van der Waals surface area contributed by atoms with Crippen molar-refractivity contribution < 1.29 is 9.53 Å². The molecular formula is C18H27N3O2. The fraction of sp³-hybridized carbons (Fsp3) is 0.611. The Hall–Kier alpha value is -1.59. The molecule has 0 aliphatic carbocycles. The van der Waals surface area contributed by atoms with E-state index in [4.69, 9.17) is 4.74 Å². The first-order valence-corrected chi connectivity index (χ1v) is 8.68. The summed E-state index contributed by atoms with van der Waals surface area (Å²) in [5, 5.41) is 3.01. The van der Waals surface area contributed by atoms with Crippen LogP contribution in [-0.2, 0) is 11.3 Å². The van der Waals surface area contributed by atoms with E-state index in [9.17, 15) is 4.79 Å². The number of hydrogen-bond donors (Lipinski definition) is 1. The minimum atomic E-state index is 0.0492. The summed E-state index contributed by atoms with van der Waals surface area (Å²) < 4.78 is 5.46. The van der Waals surface area contributed by atoms with Crippen molar-refractivity contribution in [3.63, 3.8) is 0 Å². The number of ether oxygens (including phenoxy) is 1. The quantitative estimate of drug-likeness (QED) is 0.904. The molecule has 0 unspecified atom stereocenters. The molecule has 0 atom stereocenters. The predicted octanol–water partition coefficient (Wildman–Crippen LogP) is 2.08. The van der Waals surface area contributed by atoms with Crippen LogP contribution in [0, 0.1) is 0 Å². The number of rotatable bonds is 5. The molecule has 2 fully saturated rings. The number of nitrogens with zero attached hydrogens (tertiary/aromatic N) is 2. The van der Waals surface area contributed by atoms with Gasteiger partial charge in [0.2, 0.25) is 0 Å². The highest BCUT2D eigenvalue weighted by atomic mass is 16.5. The smallest absolute Gasteiger partial charge is 0.317 e. The number of benzene rings is 1. The normalized spacial score (nSPS) is 19.7. The van der Waals surface area contributed by atoms with Crippen LogP contribution in [0.2, 0.25) is 0 Å². The number of likely N-dealkylation sites (N-methyl/N-ethyl adjacent to an activating group) is 1. The highest BCUT2D eigenvalue weighted by Crippen LogP contribution is 2.22. The van der Waals surface area contributed by atoms with E-state index in [0.29, 0.717) is 18.6 Å². The molecule has 23 heavy (non-hydrogen) atoms. The number of nitrogens with one attached hydrogen (secondary N) is 1. The summed E-state index contributed by atoms with van der Waals surface area (Å²) in [4.78, 5) is 16.7. The molecule has 0 radical (unpaired) electrons. The molecular weight excluding hydrogens is 290 g/mol. The van der Waals surface area contributed by atoms with Gasteiger partial charge in [-0.2, -0.15) is 0 Å². The lowest BCUT2D eigenvalue weighted by molar-refractivity contribution is -0.0163. The molecule has 1 aromatic rings. The Morgan fingerprint density at radius 1 is 1.22 bits per heavy atom. The van der Waals surface area contributed by atoms with Crippen molar-refractivity contribution in [3.8, 4) is 0 Å². The van der Waals surface area contributed by atoms with Gasteiger partial charge < -0.3 is 15.0 Å². The fourth-order valence-electron chi connectivity index (χ4n) is 3.55. The molecule has 5 heteroatoms. The zero-order valence-corrected chi connectivity index (χ0v) is 13.9. The van der Waals surface area contributed by atoms with Crippen molar-refractivity contribution >= 4 is 6.03 Å². The Morgan fingerprint density at radius 3 is 2.57 bits per heavy atom. The van der Waals surface area contributed by atoms with Crippen LogP contribution in [0.5, 0.6) is 0 Å².